The molecule has 0 aliphatic rings. The third-order valence-electron chi connectivity index (χ3n) is 0. The maximum atomic E-state index is 0. The number of hydrogen-bond acceptors (Lipinski definition) is 0. The van der Waals surface area contributed by atoms with Crippen LogP contribution < -0.4 is 0 Å². The Morgan fingerprint density at radius 1 is 1.00 bits per heavy atom. The standard InChI is InChI=1S/Cu.Fe.Mo.Ni.Sn.4H. The van der Waals surface area contributed by atoms with Crippen LogP contribution >= 0.6 is 0 Å². The van der Waals surface area contributed by atoms with E-state index in [4.69, 9.17) is 0 Å². The molecule has 0 unspecified atom stereocenters. The maximum absolute atomic E-state index is 0. The van der Waals surface area contributed by atoms with Crippen LogP contribution in [-0.2, 0) is 71.7 Å². The number of rotatable bonds is 0. The molecule has 5 heavy (non-hydrogen) atoms. The van der Waals surface area contributed by atoms with Gasteiger partial charge in [-0.1, -0.05) is 0 Å². The van der Waals surface area contributed by atoms with Gasteiger partial charge in [0.05, 0.1) is 0 Å². The summed E-state index contributed by atoms with van der Waals surface area (Å²) in [5.74, 6) is 0. The summed E-state index contributed by atoms with van der Waals surface area (Å²) in [5.41, 5.74) is 0. The first-order valence-corrected chi connectivity index (χ1v) is 0. The average molecular weight is 397 g/mol. The van der Waals surface area contributed by atoms with Crippen LogP contribution in [0.2, 0.25) is 0 Å². The van der Waals surface area contributed by atoms with Crippen molar-refractivity contribution in [3.05, 3.63) is 0 Å². The van der Waals surface area contributed by atoms with Crippen LogP contribution in [0.1, 0.15) is 0 Å². The first-order valence-electron chi connectivity index (χ1n) is 0. The molecule has 0 aromatic rings. The van der Waals surface area contributed by atoms with Crippen molar-refractivity contribution >= 4 is 23.9 Å². The van der Waals surface area contributed by atoms with E-state index in [1.165, 1.54) is 0 Å². The van der Waals surface area contributed by atoms with Crippen molar-refractivity contribution in [2.45, 2.75) is 0 Å². The van der Waals surface area contributed by atoms with E-state index in [0.29, 0.717) is 0 Å². The Balaban J connectivity index is 0. The summed E-state index contributed by atoms with van der Waals surface area (Å²) in [6, 6.07) is 0. The van der Waals surface area contributed by atoms with Crippen molar-refractivity contribution in [3.8, 4) is 0 Å². The first-order chi connectivity index (χ1) is 0. The van der Waals surface area contributed by atoms with E-state index < -0.39 is 0 Å². The van der Waals surface area contributed by atoms with Gasteiger partial charge < -0.3 is 0 Å². The van der Waals surface area contributed by atoms with Crippen LogP contribution in [0.5, 0.6) is 0 Å². The second-order valence-electron chi connectivity index (χ2n) is 0. The van der Waals surface area contributed by atoms with Gasteiger partial charge in [-0.3, -0.25) is 0 Å². The van der Waals surface area contributed by atoms with E-state index in [1.54, 1.807) is 0 Å². The van der Waals surface area contributed by atoms with Crippen molar-refractivity contribution in [1.82, 2.24) is 0 Å². The normalized spacial score (nSPS) is 0. The second kappa shape index (κ2) is 27.9. The molecule has 0 fully saturated rings. The molecule has 0 amide bonds. The third-order valence-corrected chi connectivity index (χ3v) is 0. The minimum atomic E-state index is 0. The molecule has 5 heteroatoms. The molecular weight excluding hydrogens is 393 g/mol. The summed E-state index contributed by atoms with van der Waals surface area (Å²) in [7, 11) is 0. The second-order valence-corrected chi connectivity index (χ2v) is 0. The van der Waals surface area contributed by atoms with Crippen molar-refractivity contribution in [2.75, 3.05) is 0 Å². The van der Waals surface area contributed by atoms with Crippen molar-refractivity contribution < 1.29 is 71.7 Å². The molecule has 0 aromatic heterocycles. The fourth-order valence-corrected chi connectivity index (χ4v) is 0. The fourth-order valence-electron chi connectivity index (χ4n) is 0. The molecule has 0 N–H and O–H groups in total. The zero-order valence-corrected chi connectivity index (χ0v) is 6.42. The monoisotopic (exact) mass is 399 g/mol. The molecule has 0 aromatic carbocycles. The molecule has 0 atom stereocenters. The molecular formula is H4CuFeMoNiSn. The van der Waals surface area contributed by atoms with E-state index in [-0.39, 0.29) is 95.6 Å². The van der Waals surface area contributed by atoms with Gasteiger partial charge in [0.15, 0.2) is 0 Å². The van der Waals surface area contributed by atoms with Gasteiger partial charge in [-0.15, -0.1) is 0 Å². The Hall–Kier alpha value is 3.02. The van der Waals surface area contributed by atoms with E-state index in [0.717, 1.165) is 0 Å². The topological polar surface area (TPSA) is 0 Å². The zero-order chi connectivity index (χ0) is 0. The summed E-state index contributed by atoms with van der Waals surface area (Å²) in [6.45, 7) is 0. The van der Waals surface area contributed by atoms with Crippen LogP contribution in [0.4, 0.5) is 0 Å². The van der Waals surface area contributed by atoms with E-state index in [1.807, 2.05) is 0 Å². The van der Waals surface area contributed by atoms with E-state index in [9.17, 15) is 0 Å². The molecule has 0 nitrogen and oxygen atoms in total. The van der Waals surface area contributed by atoms with Crippen molar-refractivity contribution in [2.24, 2.45) is 0 Å². The molecule has 0 bridgehead atoms. The van der Waals surface area contributed by atoms with Gasteiger partial charge in [-0.25, -0.2) is 0 Å². The summed E-state index contributed by atoms with van der Waals surface area (Å²) >= 11 is 0. The van der Waals surface area contributed by atoms with Crippen LogP contribution in [-0.4, -0.2) is 23.9 Å². The van der Waals surface area contributed by atoms with Crippen LogP contribution in [0.3, 0.4) is 0 Å². The third kappa shape index (κ3) is 19.4. The van der Waals surface area contributed by atoms with Crippen LogP contribution in [0, 0.1) is 0 Å². The van der Waals surface area contributed by atoms with Gasteiger partial charge in [0.25, 0.3) is 0 Å². The van der Waals surface area contributed by atoms with Gasteiger partial charge in [-0.2, -0.15) is 0 Å². The zero-order valence-electron chi connectivity index (χ0n) is 1.38. The van der Waals surface area contributed by atoms with Gasteiger partial charge in [0.2, 0.25) is 0 Å². The minimum absolute atomic E-state index is 0. The quantitative estimate of drug-likeness (QED) is 0.439. The van der Waals surface area contributed by atoms with Crippen molar-refractivity contribution in [3.63, 3.8) is 0 Å². The molecule has 0 saturated heterocycles. The Morgan fingerprint density at radius 3 is 1.00 bits per heavy atom. The van der Waals surface area contributed by atoms with Gasteiger partial charge in [0.1, 0.15) is 0 Å². The predicted molar refractivity (Wildman–Crippen MR) is 11.3 cm³/mol. The van der Waals surface area contributed by atoms with Gasteiger partial charge in [0, 0.05) is 71.7 Å². The first kappa shape index (κ1) is 43.3. The Kier molecular flexibility index (Phi) is 242. The van der Waals surface area contributed by atoms with E-state index in [2.05, 4.69) is 0 Å². The molecule has 1 radical (unpaired) electrons. The van der Waals surface area contributed by atoms with Crippen molar-refractivity contribution in [1.29, 1.82) is 0 Å². The predicted octanol–water partition coefficient (Wildman–Crippen LogP) is -1.46. The van der Waals surface area contributed by atoms with Gasteiger partial charge in [-0.05, 0) is 0 Å². The SMILES string of the molecule is [Cu].[Fe].[Mo].[Ni].[SnH4]. The Labute approximate surface area is 94.1 Å². The number of hydrogen-bond donors (Lipinski definition) is 0. The summed E-state index contributed by atoms with van der Waals surface area (Å²) in [4.78, 5) is 0. The Morgan fingerprint density at radius 2 is 1.00 bits per heavy atom. The van der Waals surface area contributed by atoms with Crippen LogP contribution in [0.15, 0.2) is 0 Å². The summed E-state index contributed by atoms with van der Waals surface area (Å²) in [6.07, 6.45) is 0. The molecule has 0 rings (SSSR count). The molecule has 43 valence electrons. The summed E-state index contributed by atoms with van der Waals surface area (Å²) < 4.78 is 0. The van der Waals surface area contributed by atoms with E-state index >= 15 is 0 Å². The molecule has 0 saturated carbocycles. The molecule has 0 aliphatic carbocycles. The summed E-state index contributed by atoms with van der Waals surface area (Å²) in [5, 5.41) is 0. The van der Waals surface area contributed by atoms with Gasteiger partial charge >= 0.3 is 23.9 Å². The fraction of sp³-hybridized carbons (Fsp3) is 0. The molecule has 0 aliphatic heterocycles. The molecule has 0 heterocycles. The Bertz CT molecular complexity index is 11.6. The average Bonchev–Trinajstić information content (AvgIpc) is 0. The molecule has 0 spiro atoms. The van der Waals surface area contributed by atoms with Crippen LogP contribution in [0.25, 0.3) is 0 Å².